The number of halogens is 2. The summed E-state index contributed by atoms with van der Waals surface area (Å²) in [5.74, 6) is 0.719. The fourth-order valence-electron chi connectivity index (χ4n) is 5.81. The predicted octanol–water partition coefficient (Wildman–Crippen LogP) is 9.99. The van der Waals surface area contributed by atoms with Gasteiger partial charge in [0.25, 0.3) is 0 Å². The van der Waals surface area contributed by atoms with E-state index in [0.29, 0.717) is 83.0 Å². The van der Waals surface area contributed by atoms with Crippen molar-refractivity contribution in [3.63, 3.8) is 0 Å². The van der Waals surface area contributed by atoms with E-state index in [1.807, 2.05) is 109 Å². The van der Waals surface area contributed by atoms with Gasteiger partial charge in [-0.05, 0) is 167 Å². The molecule has 5 rings (SSSR count). The number of anilines is 5. The number of benzene rings is 5. The van der Waals surface area contributed by atoms with Gasteiger partial charge in [-0.25, -0.2) is 0 Å². The lowest BCUT2D eigenvalue weighted by molar-refractivity contribution is 0.466. The molecule has 5 aromatic rings. The maximum atomic E-state index is 10.9. The highest BCUT2D eigenvalue weighted by molar-refractivity contribution is 6.35. The maximum absolute atomic E-state index is 10.9. The Balaban J connectivity index is 1.87. The molecule has 0 bridgehead atoms. The molecule has 0 aromatic heterocycles. The highest BCUT2D eigenvalue weighted by Gasteiger charge is 2.29. The number of aryl methyl sites for hydroxylation is 8. The number of nitrogens with zero attached hydrogens (tertiary/aromatic N) is 3. The SMILES string of the molecule is Cc1cc(NN(c2cc(C)c(O)c(C)c2)N(c2cc(C)c(O)c(C)c2)N(Nc2cc(Cl)cc(Cl)c2)c2cc(C)c(O)c(C)c2)cc(C)c1O. The summed E-state index contributed by atoms with van der Waals surface area (Å²) in [7, 11) is 0. The number of phenolic OH excluding ortho intramolecular Hbond substituents is 4. The van der Waals surface area contributed by atoms with Crippen LogP contribution in [0.2, 0.25) is 10.0 Å². The molecule has 49 heavy (non-hydrogen) atoms. The second kappa shape index (κ2) is 13.8. The van der Waals surface area contributed by atoms with Crippen molar-refractivity contribution in [1.82, 2.24) is 0 Å². The summed E-state index contributed by atoms with van der Waals surface area (Å²) in [6, 6.07) is 19.9. The monoisotopic (exact) mass is 701 g/mol. The number of hydrazine groups is 4. The van der Waals surface area contributed by atoms with E-state index in [-0.39, 0.29) is 23.0 Å². The molecule has 0 unspecified atom stereocenters. The lowest BCUT2D eigenvalue weighted by Crippen LogP contribution is -2.59. The molecule has 0 amide bonds. The lowest BCUT2D eigenvalue weighted by Gasteiger charge is -2.46. The molecule has 0 radical (unpaired) electrons. The molecular formula is C38H41Cl2N5O4. The van der Waals surface area contributed by atoms with Crippen molar-refractivity contribution in [3.8, 4) is 23.0 Å². The Morgan fingerprint density at radius 1 is 0.388 bits per heavy atom. The summed E-state index contributed by atoms with van der Waals surface area (Å²) in [6.45, 7) is 14.6. The Morgan fingerprint density at radius 3 is 0.980 bits per heavy atom. The van der Waals surface area contributed by atoms with Gasteiger partial charge in [0.05, 0.1) is 28.4 Å². The standard InChI is InChI=1S/C38H41Cl2N5O4/c1-20-9-30(10-21(2)35(20)46)41-43(32-11-22(3)36(47)23(4)12-32)45(34-15-26(7)38(49)27(8)16-34)44(33-13-24(5)37(48)25(6)14-33)42-31-18-28(39)17-29(40)19-31/h9-19,41-42,46-49H,1-8H3. The van der Waals surface area contributed by atoms with Crippen molar-refractivity contribution in [3.05, 3.63) is 121 Å². The van der Waals surface area contributed by atoms with Crippen LogP contribution in [0.5, 0.6) is 23.0 Å². The van der Waals surface area contributed by atoms with E-state index in [1.54, 1.807) is 28.4 Å². The van der Waals surface area contributed by atoms with E-state index < -0.39 is 0 Å². The van der Waals surface area contributed by atoms with Crippen LogP contribution < -0.4 is 26.2 Å². The number of nitrogens with one attached hydrogen (secondary N) is 2. The van der Waals surface area contributed by atoms with Crippen molar-refractivity contribution >= 4 is 51.6 Å². The lowest BCUT2D eigenvalue weighted by atomic mass is 10.1. The van der Waals surface area contributed by atoms with Crippen molar-refractivity contribution in [2.75, 3.05) is 26.2 Å². The first-order valence-electron chi connectivity index (χ1n) is 15.6. The van der Waals surface area contributed by atoms with E-state index in [0.717, 1.165) is 0 Å². The maximum Gasteiger partial charge on any atom is 0.121 e. The van der Waals surface area contributed by atoms with Gasteiger partial charge in [-0.3, -0.25) is 10.9 Å². The highest BCUT2D eigenvalue weighted by atomic mass is 35.5. The van der Waals surface area contributed by atoms with Gasteiger partial charge in [0.2, 0.25) is 0 Å². The highest BCUT2D eigenvalue weighted by Crippen LogP contribution is 2.38. The van der Waals surface area contributed by atoms with Gasteiger partial charge in [0.1, 0.15) is 23.0 Å². The normalized spacial score (nSPS) is 11.0. The van der Waals surface area contributed by atoms with Gasteiger partial charge in [0.15, 0.2) is 0 Å². The quantitative estimate of drug-likeness (QED) is 0.0660. The van der Waals surface area contributed by atoms with E-state index >= 15 is 0 Å². The van der Waals surface area contributed by atoms with Crippen LogP contribution in [0.1, 0.15) is 44.5 Å². The molecule has 9 nitrogen and oxygen atoms in total. The molecule has 0 aliphatic rings. The minimum Gasteiger partial charge on any atom is -0.507 e. The van der Waals surface area contributed by atoms with Gasteiger partial charge in [0, 0.05) is 10.0 Å². The van der Waals surface area contributed by atoms with Crippen molar-refractivity contribution in [2.45, 2.75) is 55.4 Å². The zero-order valence-electron chi connectivity index (χ0n) is 28.7. The Morgan fingerprint density at radius 2 is 0.653 bits per heavy atom. The third-order valence-electron chi connectivity index (χ3n) is 8.35. The van der Waals surface area contributed by atoms with Crippen LogP contribution in [0.4, 0.5) is 28.4 Å². The minimum atomic E-state index is 0.168. The van der Waals surface area contributed by atoms with Crippen molar-refractivity contribution in [1.29, 1.82) is 0 Å². The van der Waals surface area contributed by atoms with Gasteiger partial charge in [-0.15, -0.1) is 0 Å². The molecule has 256 valence electrons. The van der Waals surface area contributed by atoms with Crippen LogP contribution in [-0.4, -0.2) is 20.4 Å². The van der Waals surface area contributed by atoms with Crippen molar-refractivity contribution < 1.29 is 20.4 Å². The summed E-state index contributed by atoms with van der Waals surface area (Å²) in [5, 5.41) is 49.3. The molecule has 0 atom stereocenters. The predicted molar refractivity (Wildman–Crippen MR) is 201 cm³/mol. The summed E-state index contributed by atoms with van der Waals surface area (Å²) in [5.41, 5.74) is 15.4. The average molecular weight is 703 g/mol. The molecule has 0 saturated carbocycles. The number of phenols is 4. The summed E-state index contributed by atoms with van der Waals surface area (Å²) < 4.78 is 0. The fourth-order valence-corrected chi connectivity index (χ4v) is 6.33. The Labute approximate surface area is 297 Å². The summed E-state index contributed by atoms with van der Waals surface area (Å²) in [4.78, 5) is 0. The smallest absolute Gasteiger partial charge is 0.121 e. The van der Waals surface area contributed by atoms with Crippen LogP contribution >= 0.6 is 23.2 Å². The third kappa shape index (κ3) is 7.33. The number of aromatic hydroxyl groups is 4. The number of rotatable bonds is 9. The first-order chi connectivity index (χ1) is 23.0. The summed E-state index contributed by atoms with van der Waals surface area (Å²) >= 11 is 13.0. The Hall–Kier alpha value is -5.12. The van der Waals surface area contributed by atoms with Crippen LogP contribution in [-0.2, 0) is 0 Å². The van der Waals surface area contributed by atoms with Gasteiger partial charge < -0.3 is 20.4 Å². The molecule has 0 heterocycles. The summed E-state index contributed by atoms with van der Waals surface area (Å²) in [6.07, 6.45) is 0. The fraction of sp³-hybridized carbons (Fsp3) is 0.211. The molecule has 0 fully saturated rings. The van der Waals surface area contributed by atoms with E-state index in [1.165, 1.54) is 0 Å². The van der Waals surface area contributed by atoms with Crippen LogP contribution in [0, 0.1) is 55.4 Å². The molecule has 0 spiro atoms. The van der Waals surface area contributed by atoms with Crippen LogP contribution in [0.3, 0.4) is 0 Å². The zero-order chi connectivity index (χ0) is 35.9. The van der Waals surface area contributed by atoms with Gasteiger partial charge >= 0.3 is 0 Å². The second-order valence-electron chi connectivity index (χ2n) is 12.5. The van der Waals surface area contributed by atoms with Crippen LogP contribution in [0.15, 0.2) is 66.7 Å². The van der Waals surface area contributed by atoms with Gasteiger partial charge in [-0.1, -0.05) is 23.2 Å². The zero-order valence-corrected chi connectivity index (χ0v) is 30.2. The molecule has 11 heteroatoms. The van der Waals surface area contributed by atoms with E-state index in [9.17, 15) is 20.4 Å². The molecule has 0 aliphatic carbocycles. The number of hydrogen-bond donors (Lipinski definition) is 6. The topological polar surface area (TPSA) is 115 Å². The third-order valence-corrected chi connectivity index (χ3v) is 8.79. The van der Waals surface area contributed by atoms with Crippen molar-refractivity contribution in [2.24, 2.45) is 0 Å². The number of hydrogen-bond acceptors (Lipinski definition) is 9. The molecular weight excluding hydrogens is 661 g/mol. The van der Waals surface area contributed by atoms with Gasteiger partial charge in [-0.2, -0.15) is 15.4 Å². The average Bonchev–Trinajstić information content (AvgIpc) is 3.02. The minimum absolute atomic E-state index is 0.168. The molecule has 5 aromatic carbocycles. The van der Waals surface area contributed by atoms with Crippen LogP contribution in [0.25, 0.3) is 0 Å². The van der Waals surface area contributed by atoms with E-state index in [4.69, 9.17) is 23.2 Å². The molecule has 6 N–H and O–H groups in total. The first kappa shape index (κ1) is 35.2. The van der Waals surface area contributed by atoms with E-state index in [2.05, 4.69) is 10.9 Å². The second-order valence-corrected chi connectivity index (χ2v) is 13.4. The molecule has 0 aliphatic heterocycles. The first-order valence-corrected chi connectivity index (χ1v) is 16.4. The Kier molecular flexibility index (Phi) is 9.90. The largest absolute Gasteiger partial charge is 0.507 e. The molecule has 0 saturated heterocycles. The Bertz CT molecular complexity index is 1960.